The van der Waals surface area contributed by atoms with Gasteiger partial charge in [0.15, 0.2) is 0 Å². The van der Waals surface area contributed by atoms with Crippen LogP contribution in [-0.2, 0) is 0 Å². The van der Waals surface area contributed by atoms with E-state index in [1.165, 1.54) is 12.8 Å². The minimum atomic E-state index is 0.321. The van der Waals surface area contributed by atoms with Crippen LogP contribution in [0.4, 0.5) is 0 Å². The van der Waals surface area contributed by atoms with Crippen molar-refractivity contribution in [3.05, 3.63) is 0 Å². The Morgan fingerprint density at radius 3 is 2.75 bits per heavy atom. The van der Waals surface area contributed by atoms with Crippen molar-refractivity contribution in [2.45, 2.75) is 26.2 Å². The minimum absolute atomic E-state index is 0.321. The molecular weight excluding hydrogens is 150 g/mol. The third kappa shape index (κ3) is 2.84. The molecule has 1 aliphatic carbocycles. The van der Waals surface area contributed by atoms with Crippen molar-refractivity contribution in [3.8, 4) is 11.8 Å². The lowest BCUT2D eigenvalue weighted by molar-refractivity contribution is 0.246. The van der Waals surface area contributed by atoms with Crippen LogP contribution in [-0.4, -0.2) is 24.8 Å². The van der Waals surface area contributed by atoms with E-state index in [1.54, 1.807) is 0 Å². The van der Waals surface area contributed by atoms with Gasteiger partial charge in [0.25, 0.3) is 0 Å². The first-order valence-electron chi connectivity index (χ1n) is 4.54. The lowest BCUT2D eigenvalue weighted by Gasteiger charge is -2.12. The van der Waals surface area contributed by atoms with Crippen molar-refractivity contribution < 1.29 is 5.11 Å². The van der Waals surface area contributed by atoms with Gasteiger partial charge in [0, 0.05) is 13.2 Å². The SMILES string of the molecule is CC#CCNCC1(CCO)CC1. The third-order valence-electron chi connectivity index (χ3n) is 2.49. The second-order valence-corrected chi connectivity index (χ2v) is 3.50. The fourth-order valence-corrected chi connectivity index (χ4v) is 1.41. The summed E-state index contributed by atoms with van der Waals surface area (Å²) in [5.74, 6) is 5.81. The molecule has 0 saturated heterocycles. The summed E-state index contributed by atoms with van der Waals surface area (Å²) in [5, 5.41) is 12.1. The van der Waals surface area contributed by atoms with Crippen molar-refractivity contribution in [1.29, 1.82) is 0 Å². The Labute approximate surface area is 74.4 Å². The normalized spacial score (nSPS) is 18.2. The first kappa shape index (κ1) is 9.57. The lowest BCUT2D eigenvalue weighted by Crippen LogP contribution is -2.25. The molecule has 1 saturated carbocycles. The van der Waals surface area contributed by atoms with Crippen molar-refractivity contribution in [1.82, 2.24) is 5.32 Å². The summed E-state index contributed by atoms with van der Waals surface area (Å²) in [5.41, 5.74) is 0.421. The summed E-state index contributed by atoms with van der Waals surface area (Å²) in [7, 11) is 0. The molecule has 1 fully saturated rings. The zero-order valence-corrected chi connectivity index (χ0v) is 7.69. The fraction of sp³-hybridized carbons (Fsp3) is 0.800. The summed E-state index contributed by atoms with van der Waals surface area (Å²) in [6.45, 7) is 3.97. The van der Waals surface area contributed by atoms with Crippen LogP contribution in [0.3, 0.4) is 0 Å². The quantitative estimate of drug-likeness (QED) is 0.468. The van der Waals surface area contributed by atoms with Crippen molar-refractivity contribution >= 4 is 0 Å². The van der Waals surface area contributed by atoms with E-state index >= 15 is 0 Å². The Morgan fingerprint density at radius 2 is 2.25 bits per heavy atom. The summed E-state index contributed by atoms with van der Waals surface area (Å²) >= 11 is 0. The summed E-state index contributed by atoms with van der Waals surface area (Å²) in [6.07, 6.45) is 3.47. The van der Waals surface area contributed by atoms with E-state index in [1.807, 2.05) is 6.92 Å². The Balaban J connectivity index is 2.08. The molecule has 0 radical (unpaired) electrons. The van der Waals surface area contributed by atoms with Gasteiger partial charge in [0.2, 0.25) is 0 Å². The van der Waals surface area contributed by atoms with Crippen LogP contribution >= 0.6 is 0 Å². The number of hydrogen-bond acceptors (Lipinski definition) is 2. The molecule has 2 heteroatoms. The third-order valence-corrected chi connectivity index (χ3v) is 2.49. The van der Waals surface area contributed by atoms with Crippen molar-refractivity contribution in [2.24, 2.45) is 5.41 Å². The highest BCUT2D eigenvalue weighted by Gasteiger charge is 2.40. The molecule has 0 heterocycles. The summed E-state index contributed by atoms with van der Waals surface area (Å²) in [4.78, 5) is 0. The molecule has 0 atom stereocenters. The van der Waals surface area contributed by atoms with Gasteiger partial charge in [-0.1, -0.05) is 5.92 Å². The number of rotatable bonds is 5. The van der Waals surface area contributed by atoms with Crippen molar-refractivity contribution in [2.75, 3.05) is 19.7 Å². The average molecular weight is 167 g/mol. The fourth-order valence-electron chi connectivity index (χ4n) is 1.41. The molecule has 0 bridgehead atoms. The molecule has 0 aliphatic heterocycles. The molecule has 0 spiro atoms. The molecule has 1 rings (SSSR count). The first-order valence-corrected chi connectivity index (χ1v) is 4.54. The maximum absolute atomic E-state index is 8.79. The van der Waals surface area contributed by atoms with Gasteiger partial charge in [-0.15, -0.1) is 5.92 Å². The van der Waals surface area contributed by atoms with Crippen LogP contribution in [0.1, 0.15) is 26.2 Å². The molecule has 1 aliphatic rings. The standard InChI is InChI=1S/C10H17NO/c1-2-3-7-11-9-10(4-5-10)6-8-12/h11-12H,4-9H2,1H3. The van der Waals surface area contributed by atoms with Gasteiger partial charge in [-0.25, -0.2) is 0 Å². The van der Waals surface area contributed by atoms with Crippen LogP contribution in [0.5, 0.6) is 0 Å². The van der Waals surface area contributed by atoms with Gasteiger partial charge < -0.3 is 10.4 Å². The van der Waals surface area contributed by atoms with E-state index in [9.17, 15) is 0 Å². The second-order valence-electron chi connectivity index (χ2n) is 3.50. The number of nitrogens with one attached hydrogen (secondary N) is 1. The van der Waals surface area contributed by atoms with Crippen LogP contribution in [0.15, 0.2) is 0 Å². The Bertz CT molecular complexity index is 186. The summed E-state index contributed by atoms with van der Waals surface area (Å²) < 4.78 is 0. The monoisotopic (exact) mass is 167 g/mol. The smallest absolute Gasteiger partial charge is 0.0576 e. The molecule has 0 unspecified atom stereocenters. The van der Waals surface area contributed by atoms with E-state index in [-0.39, 0.29) is 0 Å². The first-order chi connectivity index (χ1) is 5.83. The van der Waals surface area contributed by atoms with Gasteiger partial charge >= 0.3 is 0 Å². The predicted octanol–water partition coefficient (Wildman–Crippen LogP) is 0.762. The molecule has 2 nitrogen and oxygen atoms in total. The van der Waals surface area contributed by atoms with Gasteiger partial charge in [0.1, 0.15) is 0 Å². The molecule has 0 aromatic rings. The summed E-state index contributed by atoms with van der Waals surface area (Å²) in [6, 6.07) is 0. The Morgan fingerprint density at radius 1 is 1.50 bits per heavy atom. The van der Waals surface area contributed by atoms with E-state index in [0.29, 0.717) is 12.0 Å². The van der Waals surface area contributed by atoms with Gasteiger partial charge in [-0.2, -0.15) is 0 Å². The van der Waals surface area contributed by atoms with E-state index in [4.69, 9.17) is 5.11 Å². The van der Waals surface area contributed by atoms with Crippen LogP contribution in [0.2, 0.25) is 0 Å². The molecule has 2 N–H and O–H groups in total. The van der Waals surface area contributed by atoms with Crippen molar-refractivity contribution in [3.63, 3.8) is 0 Å². The number of hydrogen-bond donors (Lipinski definition) is 2. The van der Waals surface area contributed by atoms with E-state index < -0.39 is 0 Å². The maximum atomic E-state index is 8.79. The van der Waals surface area contributed by atoms with E-state index in [0.717, 1.165) is 19.5 Å². The maximum Gasteiger partial charge on any atom is 0.0576 e. The zero-order chi connectivity index (χ0) is 8.86. The highest BCUT2D eigenvalue weighted by Crippen LogP contribution is 2.47. The molecule has 0 amide bonds. The lowest BCUT2D eigenvalue weighted by atomic mass is 10.0. The van der Waals surface area contributed by atoms with Crippen LogP contribution in [0, 0.1) is 17.3 Å². The molecule has 0 aromatic heterocycles. The van der Waals surface area contributed by atoms with Gasteiger partial charge in [-0.3, -0.25) is 0 Å². The zero-order valence-electron chi connectivity index (χ0n) is 7.69. The van der Waals surface area contributed by atoms with Gasteiger partial charge in [-0.05, 0) is 31.6 Å². The van der Waals surface area contributed by atoms with Crippen LogP contribution in [0.25, 0.3) is 0 Å². The van der Waals surface area contributed by atoms with Gasteiger partial charge in [0.05, 0.1) is 6.54 Å². The minimum Gasteiger partial charge on any atom is -0.396 e. The number of aliphatic hydroxyl groups excluding tert-OH is 1. The molecule has 12 heavy (non-hydrogen) atoms. The predicted molar refractivity (Wildman–Crippen MR) is 49.7 cm³/mol. The number of aliphatic hydroxyl groups is 1. The highest BCUT2D eigenvalue weighted by molar-refractivity contribution is 4.99. The molecule has 0 aromatic carbocycles. The largest absolute Gasteiger partial charge is 0.396 e. The highest BCUT2D eigenvalue weighted by atomic mass is 16.3. The molecule has 68 valence electrons. The Kier molecular flexibility index (Phi) is 3.58. The topological polar surface area (TPSA) is 32.3 Å². The van der Waals surface area contributed by atoms with Crippen LogP contribution < -0.4 is 5.32 Å². The second kappa shape index (κ2) is 4.49. The average Bonchev–Trinajstić information content (AvgIpc) is 2.81. The Hall–Kier alpha value is -0.520. The van der Waals surface area contributed by atoms with E-state index in [2.05, 4.69) is 17.2 Å². The molecular formula is C10H17NO.